The third kappa shape index (κ3) is 3.92. The van der Waals surface area contributed by atoms with E-state index in [1.807, 2.05) is 54.7 Å². The third-order valence-electron chi connectivity index (χ3n) is 6.74. The molecule has 0 radical (unpaired) electrons. The Morgan fingerprint density at radius 1 is 1.12 bits per heavy atom. The van der Waals surface area contributed by atoms with E-state index in [2.05, 4.69) is 10.1 Å². The number of ether oxygens (including phenoxy) is 1. The molecule has 0 bridgehead atoms. The number of benzene rings is 2. The molecule has 1 saturated carbocycles. The van der Waals surface area contributed by atoms with Gasteiger partial charge in [-0.1, -0.05) is 37.1 Å². The summed E-state index contributed by atoms with van der Waals surface area (Å²) in [5.74, 6) is 1.10. The summed E-state index contributed by atoms with van der Waals surface area (Å²) >= 11 is 0. The van der Waals surface area contributed by atoms with Gasteiger partial charge >= 0.3 is 0 Å². The molecule has 2 aromatic heterocycles. The summed E-state index contributed by atoms with van der Waals surface area (Å²) < 4.78 is 7.47. The van der Waals surface area contributed by atoms with Crippen molar-refractivity contribution in [2.24, 2.45) is 0 Å². The number of hydrogen-bond acceptors (Lipinski definition) is 5. The molecule has 5 rings (SSSR count). The van der Waals surface area contributed by atoms with Crippen LogP contribution in [0.25, 0.3) is 27.7 Å². The van der Waals surface area contributed by atoms with Crippen LogP contribution < -0.4 is 4.74 Å². The molecule has 1 aliphatic carbocycles. The van der Waals surface area contributed by atoms with Gasteiger partial charge in [-0.2, -0.15) is 5.10 Å². The third-order valence-corrected chi connectivity index (χ3v) is 6.74. The molecule has 34 heavy (non-hydrogen) atoms. The van der Waals surface area contributed by atoms with Crippen LogP contribution in [0.2, 0.25) is 0 Å². The average Bonchev–Trinajstić information content (AvgIpc) is 3.42. The summed E-state index contributed by atoms with van der Waals surface area (Å²) in [6, 6.07) is 15.3. The molecule has 0 unspecified atom stereocenters. The Labute approximate surface area is 198 Å². The largest absolute Gasteiger partial charge is 0.495 e. The number of pyridine rings is 1. The molecule has 2 aromatic carbocycles. The van der Waals surface area contributed by atoms with Crippen molar-refractivity contribution < 1.29 is 14.6 Å². The lowest BCUT2D eigenvalue weighted by Crippen LogP contribution is -2.46. The molecule has 174 valence electrons. The lowest BCUT2D eigenvalue weighted by Gasteiger charge is -2.35. The van der Waals surface area contributed by atoms with Gasteiger partial charge in [0, 0.05) is 36.6 Å². The second kappa shape index (κ2) is 9.27. The number of likely N-dealkylation sites (N-methyl/N-ethyl adjacent to an activating group) is 1. The fraction of sp³-hybridized carbons (Fsp3) is 0.296. The smallest absolute Gasteiger partial charge is 0.257 e. The first-order valence-electron chi connectivity index (χ1n) is 11.6. The van der Waals surface area contributed by atoms with Crippen LogP contribution in [-0.2, 0) is 0 Å². The second-order valence-corrected chi connectivity index (χ2v) is 8.74. The number of nitrogens with zero attached hydrogens (tertiary/aromatic N) is 4. The van der Waals surface area contributed by atoms with Crippen LogP contribution >= 0.6 is 0 Å². The van der Waals surface area contributed by atoms with E-state index >= 15 is 0 Å². The van der Waals surface area contributed by atoms with E-state index in [0.717, 1.165) is 47.6 Å². The number of aromatic nitrogens is 3. The lowest BCUT2D eigenvalue weighted by molar-refractivity contribution is 0.0266. The Hall–Kier alpha value is -3.71. The van der Waals surface area contributed by atoms with Crippen LogP contribution in [0.3, 0.4) is 0 Å². The number of carbonyl (C=O) groups excluding carboxylic acids is 1. The van der Waals surface area contributed by atoms with E-state index in [9.17, 15) is 9.90 Å². The van der Waals surface area contributed by atoms with Crippen molar-refractivity contribution in [1.29, 1.82) is 0 Å². The van der Waals surface area contributed by atoms with Crippen molar-refractivity contribution in [3.8, 4) is 22.7 Å². The number of aliphatic hydroxyl groups is 1. The number of methoxy groups -OCH3 is 1. The molecule has 1 N–H and O–H groups in total. The zero-order chi connectivity index (χ0) is 23.7. The molecule has 0 aliphatic heterocycles. The highest BCUT2D eigenvalue weighted by atomic mass is 16.5. The van der Waals surface area contributed by atoms with Crippen molar-refractivity contribution in [3.05, 3.63) is 72.7 Å². The predicted molar refractivity (Wildman–Crippen MR) is 131 cm³/mol. The van der Waals surface area contributed by atoms with Gasteiger partial charge in [0.2, 0.25) is 0 Å². The number of carbonyl (C=O) groups is 1. The van der Waals surface area contributed by atoms with E-state index < -0.39 is 6.10 Å². The molecule has 7 nitrogen and oxygen atoms in total. The monoisotopic (exact) mass is 456 g/mol. The maximum absolute atomic E-state index is 13.7. The van der Waals surface area contributed by atoms with Gasteiger partial charge in [-0.05, 0) is 48.1 Å². The van der Waals surface area contributed by atoms with Crippen LogP contribution in [0.15, 0.2) is 67.1 Å². The molecular weight excluding hydrogens is 428 g/mol. The number of fused-ring (bicyclic) bond motifs is 1. The van der Waals surface area contributed by atoms with Gasteiger partial charge < -0.3 is 14.7 Å². The van der Waals surface area contributed by atoms with E-state index in [1.54, 1.807) is 36.1 Å². The van der Waals surface area contributed by atoms with Gasteiger partial charge in [0.1, 0.15) is 5.75 Å². The van der Waals surface area contributed by atoms with Crippen molar-refractivity contribution >= 4 is 16.7 Å². The van der Waals surface area contributed by atoms with Crippen LogP contribution in [0.1, 0.15) is 36.0 Å². The maximum Gasteiger partial charge on any atom is 0.257 e. The fourth-order valence-corrected chi connectivity index (χ4v) is 4.94. The number of rotatable bonds is 5. The summed E-state index contributed by atoms with van der Waals surface area (Å²) in [5.41, 5.74) is 2.27. The normalized spacial score (nSPS) is 18.1. The SMILES string of the molecule is COc1c(C(=O)N(C)[C@H]2CCCC[C@@H]2O)cc(-c2ccc(-n3cccn3)nc2)c2ccccc12. The van der Waals surface area contributed by atoms with Crippen LogP contribution in [0.5, 0.6) is 5.75 Å². The number of amides is 1. The summed E-state index contributed by atoms with van der Waals surface area (Å²) in [6.45, 7) is 0. The molecule has 1 aliphatic rings. The molecule has 1 fully saturated rings. The maximum atomic E-state index is 13.7. The minimum atomic E-state index is -0.507. The zero-order valence-electron chi connectivity index (χ0n) is 19.4. The molecular formula is C27H28N4O3. The molecule has 1 amide bonds. The quantitative estimate of drug-likeness (QED) is 0.479. The molecule has 2 heterocycles. The first-order chi connectivity index (χ1) is 16.6. The number of aliphatic hydroxyl groups excluding tert-OH is 1. The Kier molecular flexibility index (Phi) is 6.02. The van der Waals surface area contributed by atoms with Gasteiger partial charge in [0.05, 0.1) is 24.8 Å². The standard InChI is InChI=1S/C27H28N4O3/c1-30(23-10-5-6-11-24(23)32)27(33)22-16-21(19-8-3-4-9-20(19)26(22)34-2)18-12-13-25(28-17-18)31-15-7-14-29-31/h3-4,7-9,12-17,23-24,32H,5-6,10-11H2,1-2H3/t23-,24-/m0/s1. The molecule has 7 heteroatoms. The minimum Gasteiger partial charge on any atom is -0.495 e. The Morgan fingerprint density at radius 2 is 1.91 bits per heavy atom. The summed E-state index contributed by atoms with van der Waals surface area (Å²) in [5, 5.41) is 16.6. The van der Waals surface area contributed by atoms with E-state index in [0.29, 0.717) is 17.1 Å². The Balaban J connectivity index is 1.61. The lowest BCUT2D eigenvalue weighted by atomic mass is 9.90. The summed E-state index contributed by atoms with van der Waals surface area (Å²) in [6.07, 6.45) is 8.36. The average molecular weight is 457 g/mol. The van der Waals surface area contributed by atoms with Gasteiger partial charge in [0.15, 0.2) is 5.82 Å². The van der Waals surface area contributed by atoms with Gasteiger partial charge in [0.25, 0.3) is 5.91 Å². The van der Waals surface area contributed by atoms with E-state index in [-0.39, 0.29) is 11.9 Å². The highest BCUT2D eigenvalue weighted by molar-refractivity contribution is 6.09. The van der Waals surface area contributed by atoms with Gasteiger partial charge in [-0.15, -0.1) is 0 Å². The van der Waals surface area contributed by atoms with Crippen molar-refractivity contribution in [1.82, 2.24) is 19.7 Å². The predicted octanol–water partition coefficient (Wildman–Crippen LogP) is 4.47. The van der Waals surface area contributed by atoms with E-state index in [4.69, 9.17) is 4.74 Å². The highest BCUT2D eigenvalue weighted by Gasteiger charge is 2.31. The topological polar surface area (TPSA) is 80.5 Å². The minimum absolute atomic E-state index is 0.157. The summed E-state index contributed by atoms with van der Waals surface area (Å²) in [7, 11) is 3.37. The fourth-order valence-electron chi connectivity index (χ4n) is 4.94. The van der Waals surface area contributed by atoms with Crippen LogP contribution in [0.4, 0.5) is 0 Å². The first-order valence-corrected chi connectivity index (χ1v) is 11.6. The van der Waals surface area contributed by atoms with Gasteiger partial charge in [-0.25, -0.2) is 9.67 Å². The Bertz CT molecular complexity index is 1300. The first kappa shape index (κ1) is 22.1. The van der Waals surface area contributed by atoms with Crippen molar-refractivity contribution in [2.45, 2.75) is 37.8 Å². The van der Waals surface area contributed by atoms with Crippen molar-refractivity contribution in [3.63, 3.8) is 0 Å². The molecule has 0 spiro atoms. The molecule has 2 atom stereocenters. The van der Waals surface area contributed by atoms with Crippen LogP contribution in [-0.4, -0.2) is 57.0 Å². The number of hydrogen-bond donors (Lipinski definition) is 1. The van der Waals surface area contributed by atoms with Crippen molar-refractivity contribution in [2.75, 3.05) is 14.2 Å². The zero-order valence-corrected chi connectivity index (χ0v) is 19.4. The summed E-state index contributed by atoms with van der Waals surface area (Å²) in [4.78, 5) is 20.0. The molecule has 0 saturated heterocycles. The van der Waals surface area contributed by atoms with Gasteiger partial charge in [-0.3, -0.25) is 4.79 Å². The van der Waals surface area contributed by atoms with Crippen LogP contribution in [0, 0.1) is 0 Å². The second-order valence-electron chi connectivity index (χ2n) is 8.74. The highest BCUT2D eigenvalue weighted by Crippen LogP contribution is 2.38. The molecule has 4 aromatic rings. The Morgan fingerprint density at radius 3 is 2.59 bits per heavy atom. The van der Waals surface area contributed by atoms with E-state index in [1.165, 1.54) is 0 Å².